The molecule has 20 heavy (non-hydrogen) atoms. The van der Waals surface area contributed by atoms with Gasteiger partial charge in [0.2, 0.25) is 4.96 Å². The zero-order valence-electron chi connectivity index (χ0n) is 9.97. The highest BCUT2D eigenvalue weighted by Crippen LogP contribution is 2.31. The molecule has 0 spiro atoms. The standard InChI is InChI=1S/C10H7F3N5S.HI/c1-17-4-2-6(3-5-17)7-16-18-8(10(11,12)13)14-15-9(18)19-7;/h2-5H,1H3;1H/q+1;/p-1. The summed E-state index contributed by atoms with van der Waals surface area (Å²) in [5.74, 6) is -1.11. The van der Waals surface area contributed by atoms with Gasteiger partial charge in [0.05, 0.1) is 0 Å². The first kappa shape index (κ1) is 15.1. The fourth-order valence-electron chi connectivity index (χ4n) is 1.55. The number of aromatic nitrogens is 5. The highest BCUT2D eigenvalue weighted by Gasteiger charge is 2.38. The van der Waals surface area contributed by atoms with Crippen LogP contribution in [0.2, 0.25) is 0 Å². The van der Waals surface area contributed by atoms with Gasteiger partial charge in [0.1, 0.15) is 12.1 Å². The molecule has 0 saturated heterocycles. The van der Waals surface area contributed by atoms with E-state index < -0.39 is 12.0 Å². The van der Waals surface area contributed by atoms with Gasteiger partial charge in [-0.3, -0.25) is 0 Å². The van der Waals surface area contributed by atoms with Gasteiger partial charge in [-0.1, -0.05) is 11.3 Å². The van der Waals surface area contributed by atoms with E-state index in [4.69, 9.17) is 0 Å². The van der Waals surface area contributed by atoms with E-state index in [0.29, 0.717) is 5.01 Å². The van der Waals surface area contributed by atoms with Crippen molar-refractivity contribution in [1.29, 1.82) is 0 Å². The molecular formula is C10H7F3IN5S. The summed E-state index contributed by atoms with van der Waals surface area (Å²) in [4.78, 5) is 0.121. The molecule has 5 nitrogen and oxygen atoms in total. The van der Waals surface area contributed by atoms with E-state index in [1.807, 2.05) is 11.6 Å². The number of pyridine rings is 1. The third-order valence-corrected chi connectivity index (χ3v) is 3.42. The first-order chi connectivity index (χ1) is 8.95. The molecule has 0 aliphatic carbocycles. The molecule has 0 atom stereocenters. The monoisotopic (exact) mass is 413 g/mol. The van der Waals surface area contributed by atoms with E-state index in [1.54, 1.807) is 24.5 Å². The smallest absolute Gasteiger partial charge is 0.453 e. The van der Waals surface area contributed by atoms with E-state index in [1.165, 1.54) is 0 Å². The van der Waals surface area contributed by atoms with Crippen LogP contribution in [0.3, 0.4) is 0 Å². The van der Waals surface area contributed by atoms with Crippen molar-refractivity contribution in [2.75, 3.05) is 0 Å². The van der Waals surface area contributed by atoms with Crippen molar-refractivity contribution in [2.45, 2.75) is 6.18 Å². The number of aryl methyl sites for hydroxylation is 1. The molecule has 3 aromatic rings. The second-order valence-electron chi connectivity index (χ2n) is 3.88. The number of halogens is 4. The maximum absolute atomic E-state index is 12.7. The van der Waals surface area contributed by atoms with Gasteiger partial charge in [-0.2, -0.15) is 22.8 Å². The summed E-state index contributed by atoms with van der Waals surface area (Å²) in [6.07, 6.45) is -0.973. The fourth-order valence-corrected chi connectivity index (χ4v) is 2.40. The molecule has 0 N–H and O–H groups in total. The van der Waals surface area contributed by atoms with Gasteiger partial charge in [0.25, 0.3) is 5.82 Å². The number of nitrogens with zero attached hydrogens (tertiary/aromatic N) is 5. The molecule has 0 radical (unpaired) electrons. The molecule has 0 amide bonds. The average molecular weight is 413 g/mol. The molecule has 0 bridgehead atoms. The topological polar surface area (TPSA) is 47.0 Å². The van der Waals surface area contributed by atoms with E-state index in [2.05, 4.69) is 15.3 Å². The Kier molecular flexibility index (Phi) is 3.95. The van der Waals surface area contributed by atoms with E-state index >= 15 is 0 Å². The zero-order chi connectivity index (χ0) is 13.6. The number of rotatable bonds is 1. The Morgan fingerprint density at radius 2 is 1.85 bits per heavy atom. The Morgan fingerprint density at radius 3 is 2.45 bits per heavy atom. The summed E-state index contributed by atoms with van der Waals surface area (Å²) in [5.41, 5.74) is 0.738. The van der Waals surface area contributed by atoms with Crippen molar-refractivity contribution < 1.29 is 41.7 Å². The van der Waals surface area contributed by atoms with Crippen LogP contribution in [0, 0.1) is 0 Å². The second kappa shape index (κ2) is 5.24. The molecular weight excluding hydrogens is 406 g/mol. The third kappa shape index (κ3) is 2.61. The lowest BCUT2D eigenvalue weighted by atomic mass is 10.3. The third-order valence-electron chi connectivity index (χ3n) is 2.47. The molecule has 3 heterocycles. The van der Waals surface area contributed by atoms with Crippen molar-refractivity contribution in [3.8, 4) is 10.6 Å². The Bertz CT molecular complexity index is 734. The molecule has 3 aromatic heterocycles. The van der Waals surface area contributed by atoms with E-state index in [9.17, 15) is 13.2 Å². The predicted octanol–water partition coefficient (Wildman–Crippen LogP) is -1.30. The van der Waals surface area contributed by atoms with Gasteiger partial charge < -0.3 is 24.0 Å². The number of hydrogen-bond donors (Lipinski definition) is 0. The number of fused-ring (bicyclic) bond motifs is 1. The Morgan fingerprint density at radius 1 is 1.20 bits per heavy atom. The molecule has 0 aliphatic rings. The molecule has 0 aliphatic heterocycles. The highest BCUT2D eigenvalue weighted by molar-refractivity contribution is 7.19. The second-order valence-corrected chi connectivity index (χ2v) is 4.83. The van der Waals surface area contributed by atoms with Crippen LogP contribution >= 0.6 is 11.3 Å². The summed E-state index contributed by atoms with van der Waals surface area (Å²) in [6.45, 7) is 0. The van der Waals surface area contributed by atoms with Crippen molar-refractivity contribution in [3.63, 3.8) is 0 Å². The first-order valence-electron chi connectivity index (χ1n) is 5.20. The van der Waals surface area contributed by atoms with Gasteiger partial charge in [-0.05, 0) is 0 Å². The lowest BCUT2D eigenvalue weighted by Crippen LogP contribution is -3.00. The highest BCUT2D eigenvalue weighted by atomic mass is 127. The van der Waals surface area contributed by atoms with Crippen LogP contribution in [0.5, 0.6) is 0 Å². The molecule has 0 aromatic carbocycles. The summed E-state index contributed by atoms with van der Waals surface area (Å²) >= 11 is 1.06. The van der Waals surface area contributed by atoms with Gasteiger partial charge in [-0.15, -0.1) is 10.2 Å². The summed E-state index contributed by atoms with van der Waals surface area (Å²) < 4.78 is 40.5. The normalized spacial score (nSPS) is 11.6. The van der Waals surface area contributed by atoms with Crippen LogP contribution in [0.1, 0.15) is 5.82 Å². The minimum atomic E-state index is -4.56. The lowest BCUT2D eigenvalue weighted by Gasteiger charge is -2.00. The summed E-state index contributed by atoms with van der Waals surface area (Å²) in [5, 5.41) is 11.0. The average Bonchev–Trinajstić information content (AvgIpc) is 2.87. The zero-order valence-corrected chi connectivity index (χ0v) is 12.9. The van der Waals surface area contributed by atoms with Crippen molar-refractivity contribution in [1.82, 2.24) is 19.8 Å². The minimum absolute atomic E-state index is 0. The van der Waals surface area contributed by atoms with Crippen LogP contribution < -0.4 is 28.5 Å². The largest absolute Gasteiger partial charge is 1.00 e. The fraction of sp³-hybridized carbons (Fsp3) is 0.200. The van der Waals surface area contributed by atoms with Crippen molar-refractivity contribution in [3.05, 3.63) is 30.4 Å². The van der Waals surface area contributed by atoms with Gasteiger partial charge in [-0.25, -0.2) is 4.57 Å². The maximum Gasteiger partial charge on any atom is 0.453 e. The van der Waals surface area contributed by atoms with Crippen LogP contribution in [0.15, 0.2) is 24.5 Å². The van der Waals surface area contributed by atoms with Crippen LogP contribution in [-0.2, 0) is 13.2 Å². The minimum Gasteiger partial charge on any atom is -1.00 e. The SMILES string of the molecule is C[n+]1ccc(-c2nn3c(C(F)(F)F)nnc3s2)cc1.[I-]. The van der Waals surface area contributed by atoms with Crippen LogP contribution in [0.25, 0.3) is 15.5 Å². The number of alkyl halides is 3. The predicted molar refractivity (Wildman–Crippen MR) is 60.3 cm³/mol. The Hall–Kier alpha value is -1.30. The Labute approximate surface area is 132 Å². The first-order valence-corrected chi connectivity index (χ1v) is 6.02. The van der Waals surface area contributed by atoms with Crippen molar-refractivity contribution >= 4 is 16.3 Å². The summed E-state index contributed by atoms with van der Waals surface area (Å²) in [6, 6.07) is 3.55. The molecule has 0 unspecified atom stereocenters. The Balaban J connectivity index is 0.00000147. The molecule has 3 rings (SSSR count). The molecule has 0 fully saturated rings. The van der Waals surface area contributed by atoms with Crippen LogP contribution in [0.4, 0.5) is 13.2 Å². The van der Waals surface area contributed by atoms with Gasteiger partial charge in [0, 0.05) is 17.7 Å². The van der Waals surface area contributed by atoms with E-state index in [0.717, 1.165) is 21.4 Å². The quantitative estimate of drug-likeness (QED) is 0.368. The molecule has 0 saturated carbocycles. The summed E-state index contributed by atoms with van der Waals surface area (Å²) in [7, 11) is 1.85. The van der Waals surface area contributed by atoms with Gasteiger partial charge >= 0.3 is 6.18 Å². The lowest BCUT2D eigenvalue weighted by molar-refractivity contribution is -0.671. The molecule has 10 heteroatoms. The van der Waals surface area contributed by atoms with E-state index in [-0.39, 0.29) is 28.9 Å². The van der Waals surface area contributed by atoms with Crippen molar-refractivity contribution in [2.24, 2.45) is 7.05 Å². The van der Waals surface area contributed by atoms with Gasteiger partial charge in [0.15, 0.2) is 12.4 Å². The van der Waals surface area contributed by atoms with Crippen LogP contribution in [-0.4, -0.2) is 19.8 Å². The maximum atomic E-state index is 12.7. The number of hydrogen-bond acceptors (Lipinski definition) is 4. The molecule has 106 valence electrons.